The Bertz CT molecular complexity index is 624. The van der Waals surface area contributed by atoms with Crippen molar-refractivity contribution in [1.82, 2.24) is 4.90 Å². The lowest BCUT2D eigenvalue weighted by Crippen LogP contribution is -2.50. The molecule has 2 fully saturated rings. The van der Waals surface area contributed by atoms with Crippen LogP contribution in [0.25, 0.3) is 0 Å². The number of carbonyl (C=O) groups is 2. The molecule has 0 radical (unpaired) electrons. The fraction of sp³-hybridized carbons (Fsp3) is 0.636. The molecule has 0 spiro atoms. The van der Waals surface area contributed by atoms with Gasteiger partial charge in [0.05, 0.1) is 5.41 Å². The predicted molar refractivity (Wildman–Crippen MR) is 102 cm³/mol. The summed E-state index contributed by atoms with van der Waals surface area (Å²) in [4.78, 5) is 26.9. The highest BCUT2D eigenvalue weighted by Gasteiger charge is 2.44. The summed E-state index contributed by atoms with van der Waals surface area (Å²) in [6.45, 7) is 5.63. The highest BCUT2D eigenvalue weighted by atomic mass is 16.4. The van der Waals surface area contributed by atoms with E-state index in [0.29, 0.717) is 31.8 Å². The number of carbonyl (C=O) groups excluding carboxylic acids is 1. The molecule has 0 bridgehead atoms. The van der Waals surface area contributed by atoms with Gasteiger partial charge in [-0.05, 0) is 55.9 Å². The zero-order valence-electron chi connectivity index (χ0n) is 16.0. The van der Waals surface area contributed by atoms with Gasteiger partial charge in [0, 0.05) is 19.0 Å². The fourth-order valence-electron chi connectivity index (χ4n) is 4.78. The predicted octanol–water partition coefficient (Wildman–Crippen LogP) is 4.09. The van der Waals surface area contributed by atoms with E-state index in [1.165, 1.54) is 0 Å². The van der Waals surface area contributed by atoms with Gasteiger partial charge < -0.3 is 10.0 Å². The molecule has 1 aliphatic heterocycles. The zero-order valence-corrected chi connectivity index (χ0v) is 16.0. The van der Waals surface area contributed by atoms with Gasteiger partial charge >= 0.3 is 5.97 Å². The lowest BCUT2D eigenvalue weighted by atomic mass is 9.72. The van der Waals surface area contributed by atoms with Gasteiger partial charge in [-0.15, -0.1) is 0 Å². The molecule has 1 amide bonds. The van der Waals surface area contributed by atoms with E-state index in [1.54, 1.807) is 0 Å². The van der Waals surface area contributed by atoms with Crippen molar-refractivity contribution in [2.45, 2.75) is 57.8 Å². The fourth-order valence-corrected chi connectivity index (χ4v) is 4.78. The molecule has 1 aromatic carbocycles. The summed E-state index contributed by atoms with van der Waals surface area (Å²) in [7, 11) is 0. The second-order valence-electron chi connectivity index (χ2n) is 8.43. The molecule has 1 N–H and O–H groups in total. The van der Waals surface area contributed by atoms with Crippen LogP contribution in [-0.4, -0.2) is 35.0 Å². The summed E-state index contributed by atoms with van der Waals surface area (Å²) >= 11 is 0. The van der Waals surface area contributed by atoms with Gasteiger partial charge in [-0.25, -0.2) is 0 Å². The molecule has 1 heterocycles. The molecule has 1 aliphatic carbocycles. The third kappa shape index (κ3) is 3.65. The van der Waals surface area contributed by atoms with E-state index in [1.807, 2.05) is 35.2 Å². The molecule has 1 saturated carbocycles. The van der Waals surface area contributed by atoms with E-state index >= 15 is 0 Å². The van der Waals surface area contributed by atoms with Crippen molar-refractivity contribution in [3.63, 3.8) is 0 Å². The van der Waals surface area contributed by atoms with Gasteiger partial charge in [0.2, 0.25) is 5.91 Å². The lowest BCUT2D eigenvalue weighted by Gasteiger charge is -2.41. The third-order valence-corrected chi connectivity index (χ3v) is 6.73. The number of amides is 1. The van der Waals surface area contributed by atoms with Crippen LogP contribution in [0.15, 0.2) is 30.3 Å². The largest absolute Gasteiger partial charge is 0.481 e. The van der Waals surface area contributed by atoms with Gasteiger partial charge in [-0.2, -0.15) is 0 Å². The van der Waals surface area contributed by atoms with Crippen molar-refractivity contribution >= 4 is 11.9 Å². The van der Waals surface area contributed by atoms with Crippen LogP contribution in [0.2, 0.25) is 0 Å². The van der Waals surface area contributed by atoms with Crippen LogP contribution in [0.1, 0.15) is 57.9 Å². The molecular formula is C22H31NO3. The van der Waals surface area contributed by atoms with E-state index in [2.05, 4.69) is 13.8 Å². The second kappa shape index (κ2) is 7.81. The van der Waals surface area contributed by atoms with Crippen LogP contribution in [0.3, 0.4) is 0 Å². The molecule has 1 saturated heterocycles. The molecule has 1 aromatic rings. The van der Waals surface area contributed by atoms with Gasteiger partial charge in [-0.1, -0.05) is 44.2 Å². The minimum Gasteiger partial charge on any atom is -0.481 e. The first-order valence-corrected chi connectivity index (χ1v) is 10.0. The Morgan fingerprint density at radius 2 is 1.62 bits per heavy atom. The molecule has 0 aromatic heterocycles. The van der Waals surface area contributed by atoms with Crippen LogP contribution in [0.4, 0.5) is 0 Å². The minimum absolute atomic E-state index is 0.138. The van der Waals surface area contributed by atoms with E-state index in [-0.39, 0.29) is 11.8 Å². The molecule has 0 atom stereocenters. The van der Waals surface area contributed by atoms with Crippen molar-refractivity contribution < 1.29 is 14.7 Å². The average molecular weight is 357 g/mol. The van der Waals surface area contributed by atoms with Crippen LogP contribution in [0.5, 0.6) is 0 Å². The van der Waals surface area contributed by atoms with E-state index in [9.17, 15) is 14.7 Å². The average Bonchev–Trinajstić information content (AvgIpc) is 2.68. The van der Waals surface area contributed by atoms with Gasteiger partial charge in [0.15, 0.2) is 0 Å². The number of benzene rings is 1. The highest BCUT2D eigenvalue weighted by Crippen LogP contribution is 2.38. The Morgan fingerprint density at radius 1 is 1.04 bits per heavy atom. The highest BCUT2D eigenvalue weighted by molar-refractivity contribution is 5.83. The molecule has 4 heteroatoms. The van der Waals surface area contributed by atoms with Gasteiger partial charge in [0.25, 0.3) is 0 Å². The first kappa shape index (κ1) is 18.9. The van der Waals surface area contributed by atoms with Gasteiger partial charge in [-0.3, -0.25) is 9.59 Å². The monoisotopic (exact) mass is 357 g/mol. The van der Waals surface area contributed by atoms with Crippen LogP contribution in [0, 0.1) is 17.8 Å². The maximum atomic E-state index is 12.9. The number of likely N-dealkylation sites (tertiary alicyclic amines) is 1. The zero-order chi connectivity index (χ0) is 18.7. The van der Waals surface area contributed by atoms with E-state index < -0.39 is 11.4 Å². The Hall–Kier alpha value is -1.84. The summed E-state index contributed by atoms with van der Waals surface area (Å²) in [6, 6.07) is 9.50. The van der Waals surface area contributed by atoms with Crippen LogP contribution in [-0.2, 0) is 15.0 Å². The van der Waals surface area contributed by atoms with Crippen molar-refractivity contribution in [2.24, 2.45) is 17.8 Å². The molecule has 3 rings (SSSR count). The SMILES string of the molecule is CC(C)C1CCC(C(=O)N2CCC(C(=O)O)(c3ccccc3)CC2)CC1. The Kier molecular flexibility index (Phi) is 5.69. The number of nitrogens with zero attached hydrogens (tertiary/aromatic N) is 1. The molecular weight excluding hydrogens is 326 g/mol. The first-order chi connectivity index (χ1) is 12.4. The number of aliphatic carboxylic acids is 1. The molecule has 0 unspecified atom stereocenters. The Morgan fingerprint density at radius 3 is 2.12 bits per heavy atom. The topological polar surface area (TPSA) is 57.6 Å². The summed E-state index contributed by atoms with van der Waals surface area (Å²) in [6.07, 6.45) is 5.26. The number of carboxylic acid groups (broad SMARTS) is 1. The molecule has 4 nitrogen and oxygen atoms in total. The quantitative estimate of drug-likeness (QED) is 0.883. The summed E-state index contributed by atoms with van der Waals surface area (Å²) in [5, 5.41) is 9.89. The smallest absolute Gasteiger partial charge is 0.314 e. The van der Waals surface area contributed by atoms with Crippen molar-refractivity contribution in [1.29, 1.82) is 0 Å². The summed E-state index contributed by atoms with van der Waals surface area (Å²) < 4.78 is 0. The second-order valence-corrected chi connectivity index (χ2v) is 8.43. The molecule has 2 aliphatic rings. The summed E-state index contributed by atoms with van der Waals surface area (Å²) in [5.41, 5.74) is 0.00454. The van der Waals surface area contributed by atoms with Crippen molar-refractivity contribution in [3.05, 3.63) is 35.9 Å². The number of hydrogen-bond donors (Lipinski definition) is 1. The number of rotatable bonds is 4. The Balaban J connectivity index is 1.62. The van der Waals surface area contributed by atoms with Crippen LogP contribution >= 0.6 is 0 Å². The first-order valence-electron chi connectivity index (χ1n) is 10.0. The standard InChI is InChI=1S/C22H31NO3/c1-16(2)17-8-10-18(11-9-17)20(24)23-14-12-22(13-15-23,21(25)26)19-6-4-3-5-7-19/h3-7,16-18H,8-15H2,1-2H3,(H,25,26). The maximum absolute atomic E-state index is 12.9. The third-order valence-electron chi connectivity index (χ3n) is 6.73. The lowest BCUT2D eigenvalue weighted by molar-refractivity contribution is -0.149. The van der Waals surface area contributed by atoms with E-state index in [4.69, 9.17) is 0 Å². The number of carboxylic acids is 1. The number of piperidine rings is 1. The van der Waals surface area contributed by atoms with Crippen molar-refractivity contribution in [2.75, 3.05) is 13.1 Å². The normalized spacial score (nSPS) is 25.9. The maximum Gasteiger partial charge on any atom is 0.314 e. The molecule has 142 valence electrons. The molecule has 26 heavy (non-hydrogen) atoms. The summed E-state index contributed by atoms with van der Waals surface area (Å²) in [5.74, 6) is 1.06. The van der Waals surface area contributed by atoms with Crippen molar-refractivity contribution in [3.8, 4) is 0 Å². The number of hydrogen-bond acceptors (Lipinski definition) is 2. The van der Waals surface area contributed by atoms with Crippen LogP contribution < -0.4 is 0 Å². The minimum atomic E-state index is -0.854. The van der Waals surface area contributed by atoms with E-state index in [0.717, 1.165) is 37.2 Å². The Labute approximate surface area is 156 Å². The van der Waals surface area contributed by atoms with Gasteiger partial charge in [0.1, 0.15) is 0 Å².